The Balaban J connectivity index is 2.79. The second-order valence-electron chi connectivity index (χ2n) is 1.78. The normalized spacial score (nSPS) is 9.18. The van der Waals surface area contributed by atoms with Gasteiger partial charge in [-0.05, 0) is 28.1 Å². The lowest BCUT2D eigenvalue weighted by molar-refractivity contribution is 0.209. The van der Waals surface area contributed by atoms with Gasteiger partial charge in [-0.25, -0.2) is 9.78 Å². The van der Waals surface area contributed by atoms with Crippen LogP contribution in [0.4, 0.5) is 10.6 Å². The van der Waals surface area contributed by atoms with Gasteiger partial charge < -0.3 is 5.11 Å². The lowest BCUT2D eigenvalue weighted by atomic mass is 10.5. The summed E-state index contributed by atoms with van der Waals surface area (Å²) in [4.78, 5) is 14.0. The number of amides is 1. The van der Waals surface area contributed by atoms with Crippen molar-refractivity contribution in [2.45, 2.75) is 0 Å². The maximum Gasteiger partial charge on any atom is 0.410 e. The lowest BCUT2D eigenvalue weighted by Crippen LogP contribution is -2.08. The molecule has 1 heterocycles. The molecule has 0 aromatic carbocycles. The van der Waals surface area contributed by atoms with Crippen molar-refractivity contribution >= 4 is 27.8 Å². The summed E-state index contributed by atoms with van der Waals surface area (Å²) in [6, 6.07) is 4.98. The average Bonchev–Trinajstić information content (AvgIpc) is 1.85. The minimum absolute atomic E-state index is 0.312. The molecule has 1 rings (SSSR count). The highest BCUT2D eigenvalue weighted by Crippen LogP contribution is 2.09. The van der Waals surface area contributed by atoms with Gasteiger partial charge in [0, 0.05) is 0 Å². The van der Waals surface area contributed by atoms with Crippen molar-refractivity contribution in [2.75, 3.05) is 5.32 Å². The average molecular weight is 217 g/mol. The molecule has 2 N–H and O–H groups in total. The Labute approximate surface area is 71.4 Å². The topological polar surface area (TPSA) is 62.2 Å². The third-order valence-electron chi connectivity index (χ3n) is 0.950. The van der Waals surface area contributed by atoms with E-state index in [1.165, 1.54) is 0 Å². The number of aromatic nitrogens is 1. The van der Waals surface area contributed by atoms with Gasteiger partial charge in [0.1, 0.15) is 10.4 Å². The Morgan fingerprint density at radius 3 is 2.91 bits per heavy atom. The molecule has 0 aliphatic carbocycles. The van der Waals surface area contributed by atoms with Gasteiger partial charge in [0.25, 0.3) is 0 Å². The monoisotopic (exact) mass is 216 g/mol. The molecule has 0 aliphatic rings. The molecule has 0 spiro atoms. The molecule has 0 bridgehead atoms. The first-order valence-electron chi connectivity index (χ1n) is 2.81. The molecule has 0 unspecified atom stereocenters. The Hall–Kier alpha value is -1.10. The minimum Gasteiger partial charge on any atom is -0.465 e. The smallest absolute Gasteiger partial charge is 0.410 e. The molecule has 0 saturated heterocycles. The van der Waals surface area contributed by atoms with Crippen molar-refractivity contribution in [3.8, 4) is 0 Å². The molecule has 1 amide bonds. The van der Waals surface area contributed by atoms with E-state index in [4.69, 9.17) is 5.11 Å². The van der Waals surface area contributed by atoms with Crippen LogP contribution in [0.15, 0.2) is 22.8 Å². The zero-order valence-corrected chi connectivity index (χ0v) is 7.00. The van der Waals surface area contributed by atoms with E-state index in [9.17, 15) is 4.79 Å². The number of nitrogens with zero attached hydrogens (tertiary/aromatic N) is 1. The number of anilines is 1. The van der Waals surface area contributed by atoms with Crippen LogP contribution in [0.2, 0.25) is 0 Å². The number of carboxylic acid groups (broad SMARTS) is 1. The first-order valence-corrected chi connectivity index (χ1v) is 3.60. The predicted molar refractivity (Wildman–Crippen MR) is 43.6 cm³/mol. The first kappa shape index (κ1) is 8.00. The van der Waals surface area contributed by atoms with Crippen LogP contribution in [-0.4, -0.2) is 16.2 Å². The number of halogens is 1. The van der Waals surface area contributed by atoms with Crippen molar-refractivity contribution in [3.05, 3.63) is 22.8 Å². The summed E-state index contributed by atoms with van der Waals surface area (Å²) in [6.07, 6.45) is -1.12. The fourth-order valence-electron chi connectivity index (χ4n) is 0.587. The van der Waals surface area contributed by atoms with Gasteiger partial charge in [0.05, 0.1) is 0 Å². The van der Waals surface area contributed by atoms with Gasteiger partial charge >= 0.3 is 6.09 Å². The van der Waals surface area contributed by atoms with Crippen molar-refractivity contribution in [1.29, 1.82) is 0 Å². The first-order chi connectivity index (χ1) is 5.18. The molecule has 5 heteroatoms. The molecule has 0 aliphatic heterocycles. The van der Waals surface area contributed by atoms with E-state index in [1.807, 2.05) is 0 Å². The second-order valence-corrected chi connectivity index (χ2v) is 2.59. The highest BCUT2D eigenvalue weighted by molar-refractivity contribution is 9.10. The Bertz CT molecular complexity index is 277. The summed E-state index contributed by atoms with van der Waals surface area (Å²) in [7, 11) is 0. The van der Waals surface area contributed by atoms with E-state index in [-0.39, 0.29) is 0 Å². The van der Waals surface area contributed by atoms with E-state index in [1.54, 1.807) is 18.2 Å². The number of rotatable bonds is 1. The standard InChI is InChI=1S/C6H5BrN2O2/c7-4-2-1-3-5(8-4)9-6(10)11/h1-3H,(H,8,9)(H,10,11). The van der Waals surface area contributed by atoms with E-state index in [0.29, 0.717) is 10.4 Å². The summed E-state index contributed by atoms with van der Waals surface area (Å²) >= 11 is 3.11. The molecule has 0 fully saturated rings. The van der Waals surface area contributed by atoms with Crippen LogP contribution in [0.25, 0.3) is 0 Å². The van der Waals surface area contributed by atoms with Crippen LogP contribution in [0.1, 0.15) is 0 Å². The van der Waals surface area contributed by atoms with Crippen LogP contribution < -0.4 is 5.32 Å². The van der Waals surface area contributed by atoms with Crippen LogP contribution in [0.5, 0.6) is 0 Å². The molecule has 11 heavy (non-hydrogen) atoms. The fraction of sp³-hybridized carbons (Fsp3) is 0. The molecular weight excluding hydrogens is 212 g/mol. The molecule has 0 saturated carbocycles. The number of hydrogen-bond donors (Lipinski definition) is 2. The van der Waals surface area contributed by atoms with Gasteiger partial charge in [0.15, 0.2) is 0 Å². The number of hydrogen-bond acceptors (Lipinski definition) is 2. The van der Waals surface area contributed by atoms with E-state index in [0.717, 1.165) is 0 Å². The zero-order chi connectivity index (χ0) is 8.27. The highest BCUT2D eigenvalue weighted by atomic mass is 79.9. The van der Waals surface area contributed by atoms with Crippen molar-refractivity contribution in [3.63, 3.8) is 0 Å². The molecular formula is C6H5BrN2O2. The van der Waals surface area contributed by atoms with Gasteiger partial charge in [-0.15, -0.1) is 0 Å². The largest absolute Gasteiger partial charge is 0.465 e. The van der Waals surface area contributed by atoms with Crippen molar-refractivity contribution in [1.82, 2.24) is 4.98 Å². The summed E-state index contributed by atoms with van der Waals surface area (Å²) in [5.74, 6) is 0.312. The Morgan fingerprint density at radius 1 is 1.64 bits per heavy atom. The third-order valence-corrected chi connectivity index (χ3v) is 1.39. The highest BCUT2D eigenvalue weighted by Gasteiger charge is 1.97. The second kappa shape index (κ2) is 3.34. The third kappa shape index (κ3) is 2.55. The molecule has 1 aromatic heterocycles. The van der Waals surface area contributed by atoms with E-state index in [2.05, 4.69) is 26.2 Å². The van der Waals surface area contributed by atoms with Gasteiger partial charge in [0.2, 0.25) is 0 Å². The zero-order valence-electron chi connectivity index (χ0n) is 5.41. The van der Waals surface area contributed by atoms with Crippen LogP contribution in [0, 0.1) is 0 Å². The minimum atomic E-state index is -1.12. The number of pyridine rings is 1. The number of nitrogens with one attached hydrogen (secondary N) is 1. The van der Waals surface area contributed by atoms with E-state index < -0.39 is 6.09 Å². The molecule has 0 atom stereocenters. The summed E-state index contributed by atoms with van der Waals surface area (Å²) in [6.45, 7) is 0. The maximum atomic E-state index is 10.1. The summed E-state index contributed by atoms with van der Waals surface area (Å²) < 4.78 is 0.601. The number of carbonyl (C=O) groups is 1. The van der Waals surface area contributed by atoms with Gasteiger partial charge in [-0.3, -0.25) is 5.32 Å². The Kier molecular flexibility index (Phi) is 2.43. The lowest BCUT2D eigenvalue weighted by Gasteiger charge is -1.97. The summed E-state index contributed by atoms with van der Waals surface area (Å²) in [5, 5.41) is 10.4. The quantitative estimate of drug-likeness (QED) is 0.706. The van der Waals surface area contributed by atoms with Gasteiger partial charge in [-0.2, -0.15) is 0 Å². The molecule has 58 valence electrons. The van der Waals surface area contributed by atoms with Crippen molar-refractivity contribution in [2.24, 2.45) is 0 Å². The summed E-state index contributed by atoms with van der Waals surface area (Å²) in [5.41, 5.74) is 0. The maximum absolute atomic E-state index is 10.1. The van der Waals surface area contributed by atoms with Crippen LogP contribution >= 0.6 is 15.9 Å². The molecule has 1 aromatic rings. The SMILES string of the molecule is O=C(O)Nc1cccc(Br)n1. The Morgan fingerprint density at radius 2 is 2.36 bits per heavy atom. The van der Waals surface area contributed by atoms with Gasteiger partial charge in [-0.1, -0.05) is 6.07 Å². The van der Waals surface area contributed by atoms with Crippen LogP contribution in [0.3, 0.4) is 0 Å². The molecule has 4 nitrogen and oxygen atoms in total. The van der Waals surface area contributed by atoms with Crippen LogP contribution in [-0.2, 0) is 0 Å². The fourth-order valence-corrected chi connectivity index (χ4v) is 0.931. The van der Waals surface area contributed by atoms with Crippen molar-refractivity contribution < 1.29 is 9.90 Å². The predicted octanol–water partition coefficient (Wildman–Crippen LogP) is 1.93. The van der Waals surface area contributed by atoms with E-state index >= 15 is 0 Å². The molecule has 0 radical (unpaired) electrons.